The van der Waals surface area contributed by atoms with Gasteiger partial charge in [-0.3, -0.25) is 0 Å². The zero-order valence-corrected chi connectivity index (χ0v) is 21.8. The van der Waals surface area contributed by atoms with Crippen molar-refractivity contribution in [2.45, 2.75) is 26.2 Å². The van der Waals surface area contributed by atoms with E-state index >= 15 is 0 Å². The summed E-state index contributed by atoms with van der Waals surface area (Å²) in [6, 6.07) is 26.2. The topological polar surface area (TPSA) is 25.8 Å². The molecule has 0 aliphatic heterocycles. The minimum atomic E-state index is 0.439. The van der Waals surface area contributed by atoms with Gasteiger partial charge in [0, 0.05) is 42.1 Å². The molecule has 37 heavy (non-hydrogen) atoms. The number of hydrogen-bond donors (Lipinski definition) is 0. The molecule has 0 saturated carbocycles. The van der Waals surface area contributed by atoms with Crippen LogP contribution in [0.4, 0.5) is 0 Å². The summed E-state index contributed by atoms with van der Waals surface area (Å²) in [7, 11) is 0. The molecule has 6 aromatic rings. The minimum absolute atomic E-state index is 0.439. The normalized spacial score (nSPS) is 14.9. The van der Waals surface area contributed by atoms with Crippen LogP contribution in [0, 0.1) is 6.92 Å². The van der Waals surface area contributed by atoms with Crippen LogP contribution in [0.5, 0.6) is 0 Å². The number of fused-ring (bicyclic) bond motifs is 7. The molecule has 0 N–H and O–H groups in total. The van der Waals surface area contributed by atoms with E-state index in [1.807, 2.05) is 17.4 Å². The third-order valence-corrected chi connectivity index (χ3v) is 8.83. The fraction of sp³-hybridized carbons (Fsp3) is 0.118. The number of rotatable bonds is 3. The molecule has 0 spiro atoms. The van der Waals surface area contributed by atoms with Gasteiger partial charge >= 0.3 is 0 Å². The predicted molar refractivity (Wildman–Crippen MR) is 160 cm³/mol. The van der Waals surface area contributed by atoms with Gasteiger partial charge in [-0.25, -0.2) is 9.97 Å². The molecule has 1 atom stereocenters. The Hall–Kier alpha value is -4.08. The zero-order valence-electron chi connectivity index (χ0n) is 21.0. The summed E-state index contributed by atoms with van der Waals surface area (Å²) < 4.78 is 2.71. The van der Waals surface area contributed by atoms with Gasteiger partial charge in [0.05, 0.1) is 22.8 Å². The van der Waals surface area contributed by atoms with Crippen molar-refractivity contribution in [2.24, 2.45) is 0 Å². The van der Waals surface area contributed by atoms with E-state index in [1.165, 1.54) is 36.5 Å². The fourth-order valence-electron chi connectivity index (χ4n) is 5.68. The van der Waals surface area contributed by atoms with Gasteiger partial charge in [0.2, 0.25) is 0 Å². The maximum Gasteiger partial charge on any atom is 0.0788 e. The molecule has 0 saturated heterocycles. The van der Waals surface area contributed by atoms with Crippen LogP contribution in [0.3, 0.4) is 0 Å². The zero-order chi connectivity index (χ0) is 25.1. The maximum atomic E-state index is 5.25. The molecule has 3 heteroatoms. The van der Waals surface area contributed by atoms with Gasteiger partial charge in [-0.2, -0.15) is 0 Å². The second-order valence-corrected chi connectivity index (χ2v) is 11.0. The molecule has 0 fully saturated rings. The number of nitrogens with zero attached hydrogens (tertiary/aromatic N) is 2. The van der Waals surface area contributed by atoms with E-state index in [0.29, 0.717) is 5.92 Å². The van der Waals surface area contributed by atoms with Gasteiger partial charge in [0.15, 0.2) is 0 Å². The van der Waals surface area contributed by atoms with Crippen molar-refractivity contribution in [2.75, 3.05) is 0 Å². The monoisotopic (exact) mass is 494 g/mol. The third-order valence-electron chi connectivity index (χ3n) is 7.62. The molecule has 7 rings (SSSR count). The molecule has 178 valence electrons. The molecule has 0 unspecified atom stereocenters. The summed E-state index contributed by atoms with van der Waals surface area (Å²) in [5.41, 5.74) is 8.77. The predicted octanol–water partition coefficient (Wildman–Crippen LogP) is 9.80. The van der Waals surface area contributed by atoms with Gasteiger partial charge in [-0.1, -0.05) is 80.2 Å². The summed E-state index contributed by atoms with van der Waals surface area (Å²) >= 11 is 1.91. The Morgan fingerprint density at radius 2 is 1.65 bits per heavy atom. The van der Waals surface area contributed by atoms with Gasteiger partial charge in [-0.15, -0.1) is 11.3 Å². The number of allylic oxidation sites excluding steroid dienone is 1. The van der Waals surface area contributed by atoms with Gasteiger partial charge in [0.25, 0.3) is 0 Å². The van der Waals surface area contributed by atoms with E-state index in [1.54, 1.807) is 0 Å². The average molecular weight is 495 g/mol. The number of aryl methyl sites for hydroxylation is 1. The first-order chi connectivity index (χ1) is 18.1. The van der Waals surface area contributed by atoms with E-state index in [4.69, 9.17) is 9.97 Å². The van der Waals surface area contributed by atoms with E-state index in [0.717, 1.165) is 45.9 Å². The van der Waals surface area contributed by atoms with Crippen LogP contribution in [0.15, 0.2) is 85.5 Å². The molecule has 0 radical (unpaired) electrons. The highest BCUT2D eigenvalue weighted by Gasteiger charge is 2.23. The molecule has 3 heterocycles. The second-order valence-electron chi connectivity index (χ2n) is 9.94. The van der Waals surface area contributed by atoms with E-state index in [9.17, 15) is 0 Å². The lowest BCUT2D eigenvalue weighted by Crippen LogP contribution is -2.05. The average Bonchev–Trinajstić information content (AvgIpc) is 3.32. The number of aromatic nitrogens is 2. The van der Waals surface area contributed by atoms with Gasteiger partial charge < -0.3 is 0 Å². The molecule has 3 aromatic carbocycles. The molecular formula is C34H26N2S. The fourth-order valence-corrected chi connectivity index (χ4v) is 6.95. The first-order valence-electron chi connectivity index (χ1n) is 12.8. The van der Waals surface area contributed by atoms with Crippen LogP contribution >= 0.6 is 11.3 Å². The highest BCUT2D eigenvalue weighted by atomic mass is 32.1. The van der Waals surface area contributed by atoms with Crippen LogP contribution in [0.25, 0.3) is 65.6 Å². The van der Waals surface area contributed by atoms with Crippen LogP contribution in [-0.2, 0) is 0 Å². The van der Waals surface area contributed by atoms with Crippen LogP contribution in [0.1, 0.15) is 41.8 Å². The Kier molecular flexibility index (Phi) is 5.09. The van der Waals surface area contributed by atoms with Gasteiger partial charge in [0.1, 0.15) is 0 Å². The lowest BCUT2D eigenvalue weighted by Gasteiger charge is -2.22. The van der Waals surface area contributed by atoms with Crippen molar-refractivity contribution in [1.29, 1.82) is 0 Å². The number of thiophene rings is 1. The number of hydrogen-bond acceptors (Lipinski definition) is 3. The van der Waals surface area contributed by atoms with Crippen LogP contribution in [0.2, 0.25) is 0 Å². The van der Waals surface area contributed by atoms with Crippen molar-refractivity contribution < 1.29 is 0 Å². The Morgan fingerprint density at radius 1 is 0.865 bits per heavy atom. The van der Waals surface area contributed by atoms with Crippen molar-refractivity contribution in [1.82, 2.24) is 9.97 Å². The molecule has 2 nitrogen and oxygen atoms in total. The molecule has 1 aliphatic carbocycles. The summed E-state index contributed by atoms with van der Waals surface area (Å²) in [5, 5.41) is 5.28. The van der Waals surface area contributed by atoms with Crippen molar-refractivity contribution >= 4 is 54.4 Å². The highest BCUT2D eigenvalue weighted by molar-refractivity contribution is 7.26. The van der Waals surface area contributed by atoms with Gasteiger partial charge in [-0.05, 0) is 54.7 Å². The number of benzene rings is 3. The van der Waals surface area contributed by atoms with Crippen LogP contribution in [-0.4, -0.2) is 9.97 Å². The Labute approximate surface area is 220 Å². The SMILES string of the molecule is C=Cc1nc(-c2ccc(-c3nc4c(c5c3ccc3c6ccccc6sc35)[C@H](C)CC=C4)cc2)ccc1C. The first-order valence-corrected chi connectivity index (χ1v) is 13.6. The summed E-state index contributed by atoms with van der Waals surface area (Å²) in [5.74, 6) is 0.439. The van der Waals surface area contributed by atoms with Crippen molar-refractivity contribution in [3.63, 3.8) is 0 Å². The molecular weight excluding hydrogens is 468 g/mol. The van der Waals surface area contributed by atoms with E-state index in [2.05, 4.69) is 105 Å². The Morgan fingerprint density at radius 3 is 2.49 bits per heavy atom. The number of pyridine rings is 2. The summed E-state index contributed by atoms with van der Waals surface area (Å²) in [6.07, 6.45) is 7.35. The molecule has 0 bridgehead atoms. The molecule has 3 aromatic heterocycles. The summed E-state index contributed by atoms with van der Waals surface area (Å²) in [4.78, 5) is 10.0. The largest absolute Gasteiger partial charge is 0.248 e. The highest BCUT2D eigenvalue weighted by Crippen LogP contribution is 2.46. The van der Waals surface area contributed by atoms with Crippen molar-refractivity contribution in [3.8, 4) is 22.5 Å². The second kappa shape index (κ2) is 8.50. The first kappa shape index (κ1) is 22.1. The molecule has 0 amide bonds. The maximum absolute atomic E-state index is 5.25. The Bertz CT molecular complexity index is 1890. The smallest absolute Gasteiger partial charge is 0.0788 e. The lowest BCUT2D eigenvalue weighted by molar-refractivity contribution is 0.773. The Balaban J connectivity index is 1.46. The summed E-state index contributed by atoms with van der Waals surface area (Å²) in [6.45, 7) is 8.30. The minimum Gasteiger partial charge on any atom is -0.248 e. The third kappa shape index (κ3) is 3.46. The molecule has 1 aliphatic rings. The van der Waals surface area contributed by atoms with Crippen LogP contribution < -0.4 is 0 Å². The van der Waals surface area contributed by atoms with E-state index in [-0.39, 0.29) is 0 Å². The van der Waals surface area contributed by atoms with E-state index < -0.39 is 0 Å². The standard InChI is InChI=1S/C34H26N2S/c1-4-27-20(2)12-19-28(35-27)22-13-15-23(16-14-22)33-26-18-17-25-24-9-5-6-11-30(24)37-34(25)32(26)31-21(3)8-7-10-29(31)36-33/h4-7,9-19,21H,1,8H2,2-3H3/t21-/m1/s1. The quantitative estimate of drug-likeness (QED) is 0.245. The lowest BCUT2D eigenvalue weighted by atomic mass is 9.86. The van der Waals surface area contributed by atoms with Crippen molar-refractivity contribution in [3.05, 3.63) is 108 Å².